The van der Waals surface area contributed by atoms with Crippen LogP contribution in [0.5, 0.6) is 0 Å². The largest absolute Gasteiger partial charge is 0.435 e. The summed E-state index contributed by atoms with van der Waals surface area (Å²) in [7, 11) is 0. The van der Waals surface area contributed by atoms with Gasteiger partial charge < -0.3 is 9.32 Å². The molecule has 0 saturated heterocycles. The Bertz CT molecular complexity index is 3270. The monoisotopic (exact) mass is 740 g/mol. The van der Waals surface area contributed by atoms with E-state index < -0.39 is 0 Å². The van der Waals surface area contributed by atoms with Crippen LogP contribution in [0.25, 0.3) is 88.3 Å². The van der Waals surface area contributed by atoms with E-state index in [0.717, 1.165) is 60.8 Å². The van der Waals surface area contributed by atoms with Crippen molar-refractivity contribution in [1.82, 2.24) is 4.98 Å². The van der Waals surface area contributed by atoms with Crippen molar-refractivity contribution in [3.63, 3.8) is 0 Å². The first kappa shape index (κ1) is 33.6. The van der Waals surface area contributed by atoms with Gasteiger partial charge >= 0.3 is 0 Å². The fraction of sp³-hybridized carbons (Fsp3) is 0. The highest BCUT2D eigenvalue weighted by molar-refractivity contribution is 6.23. The third kappa shape index (κ3) is 5.72. The number of aromatic nitrogens is 1. The van der Waals surface area contributed by atoms with Crippen LogP contribution in [0.4, 0.5) is 17.1 Å². The van der Waals surface area contributed by atoms with Gasteiger partial charge in [0.15, 0.2) is 5.58 Å². The van der Waals surface area contributed by atoms with Crippen molar-refractivity contribution in [2.75, 3.05) is 4.90 Å². The lowest BCUT2D eigenvalue weighted by Crippen LogP contribution is -2.11. The molecule has 1 heterocycles. The Hall–Kier alpha value is -7.75. The Balaban J connectivity index is 1.20. The number of hydrogen-bond acceptors (Lipinski definition) is 3. The summed E-state index contributed by atoms with van der Waals surface area (Å²) in [6, 6.07) is 77.7. The molecule has 3 heteroatoms. The van der Waals surface area contributed by atoms with E-state index >= 15 is 0 Å². The van der Waals surface area contributed by atoms with Gasteiger partial charge in [-0.25, -0.2) is 4.98 Å². The number of nitrogens with zero attached hydrogens (tertiary/aromatic N) is 2. The highest BCUT2D eigenvalue weighted by Crippen LogP contribution is 2.47. The fourth-order valence-corrected chi connectivity index (χ4v) is 8.63. The molecule has 10 aromatic carbocycles. The second kappa shape index (κ2) is 14.1. The van der Waals surface area contributed by atoms with Crippen LogP contribution in [-0.4, -0.2) is 4.98 Å². The van der Waals surface area contributed by atoms with Gasteiger partial charge in [-0.1, -0.05) is 164 Å². The smallest absolute Gasteiger partial charge is 0.227 e. The van der Waals surface area contributed by atoms with Crippen molar-refractivity contribution in [3.05, 3.63) is 218 Å². The minimum atomic E-state index is 0.613. The molecule has 0 aliphatic rings. The molecule has 3 nitrogen and oxygen atoms in total. The molecule has 0 saturated carbocycles. The summed E-state index contributed by atoms with van der Waals surface area (Å²) in [4.78, 5) is 7.41. The SMILES string of the molecule is c1ccc(-c2nc3ccc4cc(-c5cccc6ccccc56)c5ccc(N(c6ccccc6)c6ccccc6-c6ccccc6-c6ccccc6)cc5c4c3o2)cc1. The molecule has 0 aliphatic carbocycles. The van der Waals surface area contributed by atoms with Crippen molar-refractivity contribution in [2.45, 2.75) is 0 Å². The maximum Gasteiger partial charge on any atom is 0.227 e. The Morgan fingerprint density at radius 3 is 1.81 bits per heavy atom. The average Bonchev–Trinajstić information content (AvgIpc) is 3.75. The maximum atomic E-state index is 6.77. The average molecular weight is 741 g/mol. The molecule has 1 aromatic heterocycles. The molecular weight excluding hydrogens is 705 g/mol. The van der Waals surface area contributed by atoms with E-state index in [1.54, 1.807) is 0 Å². The summed E-state index contributed by atoms with van der Waals surface area (Å²) in [5.74, 6) is 0.613. The van der Waals surface area contributed by atoms with Gasteiger partial charge in [-0.3, -0.25) is 0 Å². The molecule has 58 heavy (non-hydrogen) atoms. The van der Waals surface area contributed by atoms with Crippen LogP contribution >= 0.6 is 0 Å². The minimum absolute atomic E-state index is 0.613. The van der Waals surface area contributed by atoms with Gasteiger partial charge in [0.05, 0.1) is 5.69 Å². The molecule has 0 bridgehead atoms. The quantitative estimate of drug-likeness (QED) is 0.152. The molecule has 0 N–H and O–H groups in total. The number of hydrogen-bond donors (Lipinski definition) is 0. The molecular formula is C55H36N2O. The van der Waals surface area contributed by atoms with Crippen LogP contribution < -0.4 is 4.90 Å². The first-order chi connectivity index (χ1) is 28.8. The molecule has 0 radical (unpaired) electrons. The Morgan fingerprint density at radius 1 is 0.362 bits per heavy atom. The zero-order valence-corrected chi connectivity index (χ0v) is 31.6. The highest BCUT2D eigenvalue weighted by atomic mass is 16.3. The number of oxazole rings is 1. The number of fused-ring (bicyclic) bond motifs is 6. The lowest BCUT2D eigenvalue weighted by Gasteiger charge is -2.29. The normalized spacial score (nSPS) is 11.4. The summed E-state index contributed by atoms with van der Waals surface area (Å²) >= 11 is 0. The van der Waals surface area contributed by atoms with Gasteiger partial charge in [-0.2, -0.15) is 0 Å². The van der Waals surface area contributed by atoms with Crippen molar-refractivity contribution >= 4 is 60.5 Å². The lowest BCUT2D eigenvalue weighted by atomic mass is 9.90. The molecule has 11 rings (SSSR count). The Kier molecular flexibility index (Phi) is 8.15. The number of rotatable bonds is 7. The number of para-hydroxylation sites is 2. The van der Waals surface area contributed by atoms with E-state index in [9.17, 15) is 0 Å². The predicted octanol–water partition coefficient (Wildman–Crippen LogP) is 15.4. The Labute approximate surface area is 336 Å². The third-order valence-electron chi connectivity index (χ3n) is 11.3. The zero-order valence-electron chi connectivity index (χ0n) is 31.6. The van der Waals surface area contributed by atoms with Crippen molar-refractivity contribution < 1.29 is 4.42 Å². The van der Waals surface area contributed by atoms with E-state index in [4.69, 9.17) is 9.40 Å². The molecule has 11 aromatic rings. The van der Waals surface area contributed by atoms with Crippen molar-refractivity contribution in [2.24, 2.45) is 0 Å². The first-order valence-electron chi connectivity index (χ1n) is 19.7. The lowest BCUT2D eigenvalue weighted by molar-refractivity contribution is 0.623. The van der Waals surface area contributed by atoms with Gasteiger partial charge in [0.25, 0.3) is 0 Å². The van der Waals surface area contributed by atoms with Crippen molar-refractivity contribution in [3.8, 4) is 44.8 Å². The van der Waals surface area contributed by atoms with E-state index in [-0.39, 0.29) is 0 Å². The van der Waals surface area contributed by atoms with E-state index in [1.807, 2.05) is 30.3 Å². The molecule has 0 unspecified atom stereocenters. The predicted molar refractivity (Wildman–Crippen MR) is 243 cm³/mol. The van der Waals surface area contributed by atoms with Gasteiger partial charge in [-0.05, 0) is 109 Å². The van der Waals surface area contributed by atoms with Crippen LogP contribution in [0.1, 0.15) is 0 Å². The van der Waals surface area contributed by atoms with E-state index in [2.05, 4.69) is 193 Å². The fourth-order valence-electron chi connectivity index (χ4n) is 8.63. The first-order valence-corrected chi connectivity index (χ1v) is 19.7. The van der Waals surface area contributed by atoms with Gasteiger partial charge in [0.1, 0.15) is 5.52 Å². The molecule has 0 spiro atoms. The summed E-state index contributed by atoms with van der Waals surface area (Å²) in [5.41, 5.74) is 12.8. The summed E-state index contributed by atoms with van der Waals surface area (Å²) < 4.78 is 6.77. The van der Waals surface area contributed by atoms with E-state index in [1.165, 1.54) is 38.6 Å². The van der Waals surface area contributed by atoms with Gasteiger partial charge in [-0.15, -0.1) is 0 Å². The standard InChI is InChI=1S/C55H36N2O/c1-4-17-37(18-5-1)43-26-12-13-27-45(43)48-28-14-15-30-52(48)57(41-23-8-3-9-24-41)42-32-33-47-49(46-29-16-22-38-19-10-11-25-44(38)46)35-40-31-34-51-54(53(40)50(47)36-42)58-55(56-51)39-20-6-2-7-21-39/h1-36H. The summed E-state index contributed by atoms with van der Waals surface area (Å²) in [6.45, 7) is 0. The van der Waals surface area contributed by atoms with Crippen molar-refractivity contribution in [1.29, 1.82) is 0 Å². The van der Waals surface area contributed by atoms with Gasteiger partial charge in [0, 0.05) is 27.9 Å². The van der Waals surface area contributed by atoms with Crippen LogP contribution in [0.2, 0.25) is 0 Å². The Morgan fingerprint density at radius 2 is 1.00 bits per heavy atom. The molecule has 0 amide bonds. The second-order valence-corrected chi connectivity index (χ2v) is 14.7. The molecule has 0 fully saturated rings. The zero-order chi connectivity index (χ0) is 38.4. The summed E-state index contributed by atoms with van der Waals surface area (Å²) in [5, 5.41) is 6.82. The molecule has 272 valence electrons. The minimum Gasteiger partial charge on any atom is -0.435 e. The molecule has 0 aliphatic heterocycles. The number of anilines is 3. The second-order valence-electron chi connectivity index (χ2n) is 14.7. The van der Waals surface area contributed by atoms with Crippen LogP contribution in [0, 0.1) is 0 Å². The van der Waals surface area contributed by atoms with Gasteiger partial charge in [0.2, 0.25) is 5.89 Å². The third-order valence-corrected chi connectivity index (χ3v) is 11.3. The highest BCUT2D eigenvalue weighted by Gasteiger charge is 2.22. The van der Waals surface area contributed by atoms with Crippen LogP contribution in [-0.2, 0) is 0 Å². The number of benzene rings is 10. The van der Waals surface area contributed by atoms with Crippen LogP contribution in [0.3, 0.4) is 0 Å². The van der Waals surface area contributed by atoms with Crippen LogP contribution in [0.15, 0.2) is 223 Å². The van der Waals surface area contributed by atoms with E-state index in [0.29, 0.717) is 5.89 Å². The topological polar surface area (TPSA) is 29.3 Å². The maximum absolute atomic E-state index is 6.77. The molecule has 0 atom stereocenters. The summed E-state index contributed by atoms with van der Waals surface area (Å²) in [6.07, 6.45) is 0.